The summed E-state index contributed by atoms with van der Waals surface area (Å²) in [6.07, 6.45) is 0.188. The number of nitrogens with one attached hydrogen (secondary N) is 2. The van der Waals surface area contributed by atoms with Gasteiger partial charge in [0, 0.05) is 18.7 Å². The summed E-state index contributed by atoms with van der Waals surface area (Å²) in [4.78, 5) is 40.4. The van der Waals surface area contributed by atoms with Crippen LogP contribution in [0.1, 0.15) is 51.3 Å². The molecule has 0 aromatic heterocycles. The smallest absolute Gasteiger partial charge is 0.252 e. The molecule has 2 aromatic carbocycles. The van der Waals surface area contributed by atoms with Gasteiger partial charge in [0.1, 0.15) is 29.4 Å². The highest BCUT2D eigenvalue weighted by molar-refractivity contribution is 6.00. The molecule has 4 N–H and O–H groups in total. The molecule has 2 atom stereocenters. The second kappa shape index (κ2) is 9.17. The second-order valence-electron chi connectivity index (χ2n) is 9.13. The first-order chi connectivity index (χ1) is 15.4. The van der Waals surface area contributed by atoms with Crippen LogP contribution in [0.3, 0.4) is 0 Å². The van der Waals surface area contributed by atoms with Crippen molar-refractivity contribution in [1.82, 2.24) is 10.2 Å². The lowest BCUT2D eigenvalue weighted by molar-refractivity contribution is -0.144. The number of nitrogens with two attached hydrogens (primary N) is 1. The molecule has 3 rings (SSSR count). The molecule has 0 radical (unpaired) electrons. The van der Waals surface area contributed by atoms with Crippen LogP contribution in [0, 0.1) is 17.0 Å². The van der Waals surface area contributed by atoms with Crippen LogP contribution in [0.2, 0.25) is 0 Å². The Labute approximate surface area is 191 Å². The molecule has 2 aromatic rings. The number of anilines is 2. The molecule has 3 amide bonds. The molecule has 176 valence electrons. The standard InChI is InChI=1S/C24H28F2N4O3/c1-5-18(31)28-21(24(2,3)4)23(33)30-12-13-9-10-14(27)11-15(13)20(30)22(32)29-19-16(25)7-6-8-17(19)26/h6-11,20-21H,5,12,27H2,1-4H3,(H,28,31)(H,29,32)/t20-,21+/m0/s1. The van der Waals surface area contributed by atoms with Gasteiger partial charge in [-0.25, -0.2) is 8.78 Å². The number of hydrogen-bond acceptors (Lipinski definition) is 4. The molecule has 1 aliphatic heterocycles. The average molecular weight is 459 g/mol. The number of amides is 3. The van der Waals surface area contributed by atoms with Crippen LogP contribution in [0.15, 0.2) is 36.4 Å². The van der Waals surface area contributed by atoms with Crippen molar-refractivity contribution in [2.75, 3.05) is 11.1 Å². The number of carbonyl (C=O) groups excluding carboxylic acids is 3. The Balaban J connectivity index is 2.02. The van der Waals surface area contributed by atoms with Gasteiger partial charge in [0.05, 0.1) is 0 Å². The Morgan fingerprint density at radius 1 is 1.15 bits per heavy atom. The van der Waals surface area contributed by atoms with Crippen molar-refractivity contribution in [2.24, 2.45) is 5.41 Å². The van der Waals surface area contributed by atoms with Crippen LogP contribution >= 0.6 is 0 Å². The zero-order valence-electron chi connectivity index (χ0n) is 19.0. The van der Waals surface area contributed by atoms with Crippen molar-refractivity contribution in [1.29, 1.82) is 0 Å². The SMILES string of the molecule is CCC(=O)N[C@H](C(=O)N1Cc2ccc(N)cc2[C@H]1C(=O)Nc1c(F)cccc1F)C(C)(C)C. The quantitative estimate of drug-likeness (QED) is 0.597. The Hall–Kier alpha value is -3.49. The Bertz CT molecular complexity index is 1080. The van der Waals surface area contributed by atoms with E-state index in [1.54, 1.807) is 45.9 Å². The first-order valence-corrected chi connectivity index (χ1v) is 10.7. The van der Waals surface area contributed by atoms with E-state index in [4.69, 9.17) is 5.73 Å². The van der Waals surface area contributed by atoms with E-state index in [1.807, 2.05) is 0 Å². The minimum atomic E-state index is -1.18. The van der Waals surface area contributed by atoms with Gasteiger partial charge in [-0.2, -0.15) is 0 Å². The summed E-state index contributed by atoms with van der Waals surface area (Å²) in [6.45, 7) is 7.16. The minimum Gasteiger partial charge on any atom is -0.399 e. The number of hydrogen-bond donors (Lipinski definition) is 3. The normalized spacial score (nSPS) is 16.2. The molecule has 0 unspecified atom stereocenters. The number of para-hydroxylation sites is 1. The van der Waals surface area contributed by atoms with Crippen LogP contribution < -0.4 is 16.4 Å². The topological polar surface area (TPSA) is 105 Å². The molecule has 0 saturated heterocycles. The van der Waals surface area contributed by atoms with E-state index >= 15 is 0 Å². The van der Waals surface area contributed by atoms with Crippen molar-refractivity contribution < 1.29 is 23.2 Å². The zero-order chi connectivity index (χ0) is 24.5. The number of nitrogen functional groups attached to an aromatic ring is 1. The summed E-state index contributed by atoms with van der Waals surface area (Å²) in [5.41, 5.74) is 6.19. The maximum Gasteiger partial charge on any atom is 0.252 e. The number of fused-ring (bicyclic) bond motifs is 1. The van der Waals surface area contributed by atoms with Gasteiger partial charge in [-0.3, -0.25) is 14.4 Å². The number of benzene rings is 2. The van der Waals surface area contributed by atoms with E-state index in [0.29, 0.717) is 16.8 Å². The number of nitrogens with zero attached hydrogens (tertiary/aromatic N) is 1. The zero-order valence-corrected chi connectivity index (χ0v) is 19.0. The predicted molar refractivity (Wildman–Crippen MR) is 121 cm³/mol. The van der Waals surface area contributed by atoms with E-state index in [2.05, 4.69) is 10.6 Å². The molecule has 0 fully saturated rings. The minimum absolute atomic E-state index is 0.0842. The third-order valence-electron chi connectivity index (χ3n) is 5.60. The Morgan fingerprint density at radius 3 is 2.36 bits per heavy atom. The molecule has 7 nitrogen and oxygen atoms in total. The highest BCUT2D eigenvalue weighted by Gasteiger charge is 2.44. The molecule has 9 heteroatoms. The van der Waals surface area contributed by atoms with Crippen molar-refractivity contribution in [2.45, 2.75) is 52.7 Å². The fourth-order valence-electron chi connectivity index (χ4n) is 3.83. The summed E-state index contributed by atoms with van der Waals surface area (Å²) in [5.74, 6) is -3.44. The lowest BCUT2D eigenvalue weighted by Crippen LogP contribution is -2.55. The summed E-state index contributed by atoms with van der Waals surface area (Å²) < 4.78 is 28.4. The van der Waals surface area contributed by atoms with Crippen LogP contribution in [-0.4, -0.2) is 28.7 Å². The van der Waals surface area contributed by atoms with E-state index in [-0.39, 0.29) is 18.9 Å². The van der Waals surface area contributed by atoms with E-state index in [0.717, 1.165) is 12.1 Å². The molecule has 0 saturated carbocycles. The Morgan fingerprint density at radius 2 is 1.79 bits per heavy atom. The van der Waals surface area contributed by atoms with Gasteiger partial charge in [-0.15, -0.1) is 0 Å². The van der Waals surface area contributed by atoms with Gasteiger partial charge < -0.3 is 21.3 Å². The van der Waals surface area contributed by atoms with Crippen LogP contribution in [0.25, 0.3) is 0 Å². The lowest BCUT2D eigenvalue weighted by atomic mass is 9.85. The largest absolute Gasteiger partial charge is 0.399 e. The third kappa shape index (κ3) is 4.97. The summed E-state index contributed by atoms with van der Waals surface area (Å²) in [6, 6.07) is 6.07. The van der Waals surface area contributed by atoms with Crippen molar-refractivity contribution in [3.8, 4) is 0 Å². The van der Waals surface area contributed by atoms with Gasteiger partial charge in [-0.05, 0) is 40.8 Å². The van der Waals surface area contributed by atoms with Crippen molar-refractivity contribution in [3.05, 3.63) is 59.2 Å². The third-order valence-corrected chi connectivity index (χ3v) is 5.60. The fraction of sp³-hybridized carbons (Fsp3) is 0.375. The van der Waals surface area contributed by atoms with Gasteiger partial charge in [-0.1, -0.05) is 39.8 Å². The van der Waals surface area contributed by atoms with Gasteiger partial charge in [0.25, 0.3) is 5.91 Å². The van der Waals surface area contributed by atoms with Crippen LogP contribution in [0.4, 0.5) is 20.2 Å². The molecule has 0 aliphatic carbocycles. The molecule has 1 aliphatic rings. The molecular weight excluding hydrogens is 430 g/mol. The maximum atomic E-state index is 14.2. The molecular formula is C24H28F2N4O3. The van der Waals surface area contributed by atoms with Crippen LogP contribution in [-0.2, 0) is 20.9 Å². The van der Waals surface area contributed by atoms with E-state index < -0.39 is 46.6 Å². The van der Waals surface area contributed by atoms with Gasteiger partial charge >= 0.3 is 0 Å². The maximum absolute atomic E-state index is 14.2. The number of halogens is 2. The fourth-order valence-corrected chi connectivity index (χ4v) is 3.83. The van der Waals surface area contributed by atoms with Gasteiger partial charge in [0.15, 0.2) is 0 Å². The first-order valence-electron chi connectivity index (χ1n) is 10.7. The Kier molecular flexibility index (Phi) is 6.71. The first kappa shape index (κ1) is 24.2. The molecule has 1 heterocycles. The molecule has 0 spiro atoms. The number of carbonyl (C=O) groups is 3. The summed E-state index contributed by atoms with van der Waals surface area (Å²) in [5, 5.41) is 5.03. The van der Waals surface area contributed by atoms with E-state index in [1.165, 1.54) is 11.0 Å². The van der Waals surface area contributed by atoms with Gasteiger partial charge in [0.2, 0.25) is 11.8 Å². The van der Waals surface area contributed by atoms with Crippen LogP contribution in [0.5, 0.6) is 0 Å². The highest BCUT2D eigenvalue weighted by Crippen LogP contribution is 2.38. The van der Waals surface area contributed by atoms with E-state index in [9.17, 15) is 23.2 Å². The average Bonchev–Trinajstić information content (AvgIpc) is 3.11. The van der Waals surface area contributed by atoms with Crippen molar-refractivity contribution >= 4 is 29.1 Å². The highest BCUT2D eigenvalue weighted by atomic mass is 19.1. The monoisotopic (exact) mass is 458 g/mol. The molecule has 0 bridgehead atoms. The lowest BCUT2D eigenvalue weighted by Gasteiger charge is -2.35. The molecule has 33 heavy (non-hydrogen) atoms. The number of rotatable bonds is 5. The summed E-state index contributed by atoms with van der Waals surface area (Å²) in [7, 11) is 0. The summed E-state index contributed by atoms with van der Waals surface area (Å²) >= 11 is 0. The second-order valence-corrected chi connectivity index (χ2v) is 9.13. The van der Waals surface area contributed by atoms with Crippen molar-refractivity contribution in [3.63, 3.8) is 0 Å². The predicted octanol–water partition coefficient (Wildman–Crippen LogP) is 3.51.